The molecular formula is C8H14ClNO2. The van der Waals surface area contributed by atoms with Gasteiger partial charge >= 0.3 is 0 Å². The van der Waals surface area contributed by atoms with E-state index < -0.39 is 5.38 Å². The number of hydrogen-bond donors (Lipinski definition) is 0. The summed E-state index contributed by atoms with van der Waals surface area (Å²) in [6, 6.07) is 0. The van der Waals surface area contributed by atoms with Crippen LogP contribution < -0.4 is 0 Å². The highest BCUT2D eigenvalue weighted by molar-refractivity contribution is 6.41. The molecule has 0 aromatic heterocycles. The van der Waals surface area contributed by atoms with Gasteiger partial charge in [-0.1, -0.05) is 0 Å². The minimum Gasteiger partial charge on any atom is -0.342 e. The molecule has 0 aromatic carbocycles. The molecule has 0 aromatic rings. The number of amides is 1. The van der Waals surface area contributed by atoms with Crippen molar-refractivity contribution in [2.24, 2.45) is 0 Å². The third kappa shape index (κ3) is 2.81. The van der Waals surface area contributed by atoms with Crippen molar-refractivity contribution < 1.29 is 9.59 Å². The summed E-state index contributed by atoms with van der Waals surface area (Å²) in [7, 11) is 0. The Labute approximate surface area is 77.7 Å². The lowest BCUT2D eigenvalue weighted by molar-refractivity contribution is -0.133. The molecule has 3 nitrogen and oxygen atoms in total. The lowest BCUT2D eigenvalue weighted by atomic mass is 10.2. The Morgan fingerprint density at radius 2 is 1.75 bits per heavy atom. The zero-order chi connectivity index (χ0) is 9.72. The zero-order valence-electron chi connectivity index (χ0n) is 7.63. The number of hydrogen-bond acceptors (Lipinski definition) is 2. The van der Waals surface area contributed by atoms with E-state index in [-0.39, 0.29) is 11.7 Å². The van der Waals surface area contributed by atoms with Crippen molar-refractivity contribution in [3.8, 4) is 0 Å². The molecule has 0 rings (SSSR count). The lowest BCUT2D eigenvalue weighted by Crippen LogP contribution is -2.39. The molecule has 1 amide bonds. The lowest BCUT2D eigenvalue weighted by Gasteiger charge is -2.20. The van der Waals surface area contributed by atoms with Gasteiger partial charge in [0.2, 0.25) is 5.91 Å². The van der Waals surface area contributed by atoms with Gasteiger partial charge in [-0.05, 0) is 20.8 Å². The SMILES string of the molecule is CCN(CC)C(=O)[C@@H](Cl)C(C)=O. The first kappa shape index (κ1) is 11.4. The topological polar surface area (TPSA) is 37.4 Å². The Kier molecular flexibility index (Phi) is 4.90. The van der Waals surface area contributed by atoms with E-state index in [0.717, 1.165) is 0 Å². The monoisotopic (exact) mass is 191 g/mol. The molecule has 4 heteroatoms. The molecule has 0 radical (unpaired) electrons. The summed E-state index contributed by atoms with van der Waals surface area (Å²) >= 11 is 5.58. The van der Waals surface area contributed by atoms with E-state index >= 15 is 0 Å². The molecule has 0 aliphatic carbocycles. The molecule has 0 unspecified atom stereocenters. The number of ketones is 1. The maximum atomic E-state index is 11.3. The first-order valence-corrected chi connectivity index (χ1v) is 4.41. The molecule has 0 heterocycles. The summed E-state index contributed by atoms with van der Waals surface area (Å²) in [5.74, 6) is -0.595. The third-order valence-electron chi connectivity index (χ3n) is 1.65. The fourth-order valence-electron chi connectivity index (χ4n) is 0.869. The van der Waals surface area contributed by atoms with Crippen molar-refractivity contribution in [3.63, 3.8) is 0 Å². The van der Waals surface area contributed by atoms with Gasteiger partial charge in [-0.25, -0.2) is 0 Å². The fourth-order valence-corrected chi connectivity index (χ4v) is 1.01. The van der Waals surface area contributed by atoms with Crippen LogP contribution in [-0.2, 0) is 9.59 Å². The van der Waals surface area contributed by atoms with Gasteiger partial charge in [0.1, 0.15) is 0 Å². The average Bonchev–Trinajstić information content (AvgIpc) is 2.05. The van der Waals surface area contributed by atoms with E-state index in [2.05, 4.69) is 0 Å². The number of carbonyl (C=O) groups is 2. The van der Waals surface area contributed by atoms with E-state index in [1.165, 1.54) is 6.92 Å². The summed E-state index contributed by atoms with van der Waals surface area (Å²) in [6.07, 6.45) is 0. The molecule has 1 atom stereocenters. The maximum Gasteiger partial charge on any atom is 0.248 e. The fraction of sp³-hybridized carbons (Fsp3) is 0.750. The summed E-state index contributed by atoms with van der Waals surface area (Å²) < 4.78 is 0. The van der Waals surface area contributed by atoms with Gasteiger partial charge in [-0.15, -0.1) is 11.6 Å². The molecule has 0 bridgehead atoms. The van der Waals surface area contributed by atoms with Gasteiger partial charge in [-0.3, -0.25) is 9.59 Å². The minimum atomic E-state index is -1.01. The Balaban J connectivity index is 4.25. The smallest absolute Gasteiger partial charge is 0.248 e. The molecule has 0 fully saturated rings. The van der Waals surface area contributed by atoms with E-state index in [9.17, 15) is 9.59 Å². The van der Waals surface area contributed by atoms with Crippen LogP contribution in [0.5, 0.6) is 0 Å². The molecule has 0 aliphatic heterocycles. The van der Waals surface area contributed by atoms with Crippen molar-refractivity contribution in [1.29, 1.82) is 0 Å². The van der Waals surface area contributed by atoms with Crippen LogP contribution in [0.1, 0.15) is 20.8 Å². The Morgan fingerprint density at radius 3 is 2.00 bits per heavy atom. The molecule has 0 saturated heterocycles. The normalized spacial score (nSPS) is 12.3. The highest BCUT2D eigenvalue weighted by Crippen LogP contribution is 2.03. The summed E-state index contributed by atoms with van der Waals surface area (Å²) in [4.78, 5) is 23.6. The second kappa shape index (κ2) is 5.14. The van der Waals surface area contributed by atoms with Gasteiger partial charge in [0.05, 0.1) is 0 Å². The molecule has 0 saturated carbocycles. The van der Waals surface area contributed by atoms with Crippen LogP contribution in [0, 0.1) is 0 Å². The largest absolute Gasteiger partial charge is 0.342 e. The molecule has 0 aliphatic rings. The van der Waals surface area contributed by atoms with Gasteiger partial charge < -0.3 is 4.90 Å². The van der Waals surface area contributed by atoms with E-state index in [4.69, 9.17) is 11.6 Å². The van der Waals surface area contributed by atoms with Gasteiger partial charge in [0, 0.05) is 13.1 Å². The first-order valence-electron chi connectivity index (χ1n) is 3.97. The number of alkyl halides is 1. The predicted molar refractivity (Wildman–Crippen MR) is 48.3 cm³/mol. The highest BCUT2D eigenvalue weighted by atomic mass is 35.5. The second-order valence-electron chi connectivity index (χ2n) is 2.48. The molecule has 12 heavy (non-hydrogen) atoms. The van der Waals surface area contributed by atoms with Crippen molar-refractivity contribution in [3.05, 3.63) is 0 Å². The van der Waals surface area contributed by atoms with Crippen molar-refractivity contribution in [1.82, 2.24) is 4.90 Å². The Morgan fingerprint density at radius 1 is 1.33 bits per heavy atom. The zero-order valence-corrected chi connectivity index (χ0v) is 8.39. The number of nitrogens with zero attached hydrogens (tertiary/aromatic N) is 1. The molecular weight excluding hydrogens is 178 g/mol. The maximum absolute atomic E-state index is 11.3. The number of Topliss-reactive ketones (excluding diaryl/α,β-unsaturated/α-hetero) is 1. The summed E-state index contributed by atoms with van der Waals surface area (Å²) in [6.45, 7) is 6.20. The van der Waals surface area contributed by atoms with Crippen LogP contribution in [0.15, 0.2) is 0 Å². The molecule has 0 N–H and O–H groups in total. The van der Waals surface area contributed by atoms with Crippen LogP contribution >= 0.6 is 11.6 Å². The number of rotatable bonds is 4. The predicted octanol–water partition coefficient (Wildman–Crippen LogP) is 1.05. The van der Waals surface area contributed by atoms with E-state index in [1.54, 1.807) is 4.90 Å². The second-order valence-corrected chi connectivity index (χ2v) is 2.92. The number of carbonyl (C=O) groups excluding carboxylic acids is 2. The molecule has 0 spiro atoms. The van der Waals surface area contributed by atoms with Crippen molar-refractivity contribution in [2.45, 2.75) is 26.1 Å². The van der Waals surface area contributed by atoms with Gasteiger partial charge in [-0.2, -0.15) is 0 Å². The van der Waals surface area contributed by atoms with Crippen LogP contribution in [0.2, 0.25) is 0 Å². The average molecular weight is 192 g/mol. The van der Waals surface area contributed by atoms with Gasteiger partial charge in [0.25, 0.3) is 0 Å². The summed E-state index contributed by atoms with van der Waals surface area (Å²) in [5, 5.41) is -1.01. The van der Waals surface area contributed by atoms with Crippen LogP contribution in [0.3, 0.4) is 0 Å². The highest BCUT2D eigenvalue weighted by Gasteiger charge is 2.23. The van der Waals surface area contributed by atoms with Crippen molar-refractivity contribution >= 4 is 23.3 Å². The van der Waals surface area contributed by atoms with Crippen molar-refractivity contribution in [2.75, 3.05) is 13.1 Å². The number of halogens is 1. The Hall–Kier alpha value is -0.570. The van der Waals surface area contributed by atoms with Crippen LogP contribution in [-0.4, -0.2) is 35.1 Å². The Bertz CT molecular complexity index is 178. The van der Waals surface area contributed by atoms with Crippen LogP contribution in [0.25, 0.3) is 0 Å². The molecule has 70 valence electrons. The van der Waals surface area contributed by atoms with E-state index in [0.29, 0.717) is 13.1 Å². The van der Waals surface area contributed by atoms with Gasteiger partial charge in [0.15, 0.2) is 11.2 Å². The quantitative estimate of drug-likeness (QED) is 0.492. The summed E-state index contributed by atoms with van der Waals surface area (Å²) in [5.41, 5.74) is 0. The first-order chi connectivity index (χ1) is 5.54. The standard InChI is InChI=1S/C8H14ClNO2/c1-4-10(5-2)8(12)7(9)6(3)11/h7H,4-5H2,1-3H3/t7-/m0/s1. The van der Waals surface area contributed by atoms with E-state index in [1.807, 2.05) is 13.8 Å². The minimum absolute atomic E-state index is 0.297. The van der Waals surface area contributed by atoms with Crippen LogP contribution in [0.4, 0.5) is 0 Å². The third-order valence-corrected chi connectivity index (χ3v) is 2.14.